The van der Waals surface area contributed by atoms with Crippen LogP contribution in [-0.2, 0) is 15.6 Å². The summed E-state index contributed by atoms with van der Waals surface area (Å²) >= 11 is 0. The number of aryl methyl sites for hydroxylation is 1. The van der Waals surface area contributed by atoms with Crippen LogP contribution in [0, 0.1) is 6.92 Å². The van der Waals surface area contributed by atoms with E-state index in [2.05, 4.69) is 20.3 Å². The van der Waals surface area contributed by atoms with Crippen molar-refractivity contribution in [1.82, 2.24) is 15.4 Å². The first-order chi connectivity index (χ1) is 11.3. The number of sulfonamides is 1. The highest BCUT2D eigenvalue weighted by atomic mass is 32.2. The predicted molar refractivity (Wildman–Crippen MR) is 99.1 cm³/mol. The monoisotopic (exact) mass is 374 g/mol. The minimum absolute atomic E-state index is 0.186. The second kappa shape index (κ2) is 8.20. The van der Waals surface area contributed by atoms with Gasteiger partial charge in [-0.2, -0.15) is 0 Å². The van der Waals surface area contributed by atoms with Gasteiger partial charge >= 0.3 is 0 Å². The fourth-order valence-electron chi connectivity index (χ4n) is 2.22. The van der Waals surface area contributed by atoms with Crippen molar-refractivity contribution in [3.8, 4) is 0 Å². The van der Waals surface area contributed by atoms with E-state index in [0.29, 0.717) is 18.3 Å². The van der Waals surface area contributed by atoms with E-state index in [9.17, 15) is 13.5 Å². The number of nitrogens with one attached hydrogen (secondary N) is 3. The van der Waals surface area contributed by atoms with Gasteiger partial charge in [0, 0.05) is 12.1 Å². The first kappa shape index (κ1) is 21.5. The van der Waals surface area contributed by atoms with Crippen molar-refractivity contribution in [2.24, 2.45) is 4.99 Å². The normalized spacial score (nSPS) is 15.7. The number of aliphatic hydroxyl groups is 1. The Morgan fingerprint density at radius 3 is 2.40 bits per heavy atom. The summed E-state index contributed by atoms with van der Waals surface area (Å²) in [5, 5.41) is 16.7. The lowest BCUT2D eigenvalue weighted by molar-refractivity contribution is 0.0378. The number of aliphatic imine (C=N–C) groups is 1. The van der Waals surface area contributed by atoms with E-state index in [1.54, 1.807) is 32.9 Å². The van der Waals surface area contributed by atoms with Crippen LogP contribution in [0.25, 0.3) is 0 Å². The van der Waals surface area contributed by atoms with Crippen LogP contribution in [0.4, 0.5) is 0 Å². The summed E-state index contributed by atoms with van der Waals surface area (Å²) in [5.41, 5.74) is -1.93. The molecule has 0 aliphatic rings. The van der Waals surface area contributed by atoms with Crippen molar-refractivity contribution in [1.29, 1.82) is 0 Å². The molecule has 1 atom stereocenters. The van der Waals surface area contributed by atoms with Crippen molar-refractivity contribution < 1.29 is 17.9 Å². The standard InChI is InChI=1S/C16H30N4O4S/c1-7-17-14(18-10-15(3,4)20-25(6,22)23)19-11-16(5,21)13-9-8-12(2)24-13/h8-9,20-21H,7,10-11H2,1-6H3,(H2,17,18,19). The Kier molecular flexibility index (Phi) is 7.04. The molecule has 0 saturated carbocycles. The molecular weight excluding hydrogens is 344 g/mol. The topological polar surface area (TPSA) is 116 Å². The summed E-state index contributed by atoms with van der Waals surface area (Å²) < 4.78 is 30.8. The van der Waals surface area contributed by atoms with Crippen LogP contribution in [0.1, 0.15) is 39.2 Å². The predicted octanol–water partition coefficient (Wildman–Crippen LogP) is 0.678. The van der Waals surface area contributed by atoms with Crippen molar-refractivity contribution in [2.45, 2.75) is 45.8 Å². The molecule has 25 heavy (non-hydrogen) atoms. The van der Waals surface area contributed by atoms with Crippen LogP contribution in [0.3, 0.4) is 0 Å². The van der Waals surface area contributed by atoms with Crippen LogP contribution in [0.2, 0.25) is 0 Å². The van der Waals surface area contributed by atoms with E-state index in [0.717, 1.165) is 12.0 Å². The van der Waals surface area contributed by atoms with Gasteiger partial charge in [-0.1, -0.05) is 0 Å². The molecule has 9 heteroatoms. The molecule has 1 unspecified atom stereocenters. The zero-order chi connectivity index (χ0) is 19.3. The van der Waals surface area contributed by atoms with Crippen molar-refractivity contribution in [2.75, 3.05) is 25.9 Å². The fourth-order valence-corrected chi connectivity index (χ4v) is 3.29. The van der Waals surface area contributed by atoms with E-state index in [1.165, 1.54) is 0 Å². The molecule has 1 heterocycles. The molecule has 0 amide bonds. The largest absolute Gasteiger partial charge is 0.463 e. The molecule has 0 aromatic carbocycles. The van der Waals surface area contributed by atoms with E-state index in [1.807, 2.05) is 13.8 Å². The van der Waals surface area contributed by atoms with Crippen LogP contribution in [-0.4, -0.2) is 50.9 Å². The quantitative estimate of drug-likeness (QED) is 0.393. The van der Waals surface area contributed by atoms with E-state index >= 15 is 0 Å². The lowest BCUT2D eigenvalue weighted by Crippen LogP contribution is -2.48. The third-order valence-electron chi connectivity index (χ3n) is 3.31. The Bertz CT molecular complexity index is 693. The zero-order valence-electron chi connectivity index (χ0n) is 15.8. The molecule has 8 nitrogen and oxygen atoms in total. The maximum atomic E-state index is 11.4. The molecule has 0 radical (unpaired) electrons. The molecule has 144 valence electrons. The Morgan fingerprint density at radius 1 is 1.28 bits per heavy atom. The number of hydrogen-bond donors (Lipinski definition) is 4. The number of guanidine groups is 1. The first-order valence-corrected chi connectivity index (χ1v) is 10.0. The number of nitrogens with zero attached hydrogens (tertiary/aromatic N) is 1. The van der Waals surface area contributed by atoms with Crippen LogP contribution >= 0.6 is 0 Å². The highest BCUT2D eigenvalue weighted by Gasteiger charge is 2.27. The fraction of sp³-hybridized carbons (Fsp3) is 0.688. The smallest absolute Gasteiger partial charge is 0.209 e. The zero-order valence-corrected chi connectivity index (χ0v) is 16.6. The third-order valence-corrected chi connectivity index (χ3v) is 4.23. The Hall–Kier alpha value is -1.58. The number of hydrogen-bond acceptors (Lipinski definition) is 5. The minimum atomic E-state index is -3.32. The molecule has 1 aromatic rings. The van der Waals surface area contributed by atoms with Gasteiger partial charge < -0.3 is 20.2 Å². The molecule has 0 saturated heterocycles. The molecule has 0 aliphatic carbocycles. The van der Waals surface area contributed by atoms with Crippen LogP contribution in [0.15, 0.2) is 21.5 Å². The van der Waals surface area contributed by atoms with Crippen molar-refractivity contribution in [3.63, 3.8) is 0 Å². The van der Waals surface area contributed by atoms with Crippen LogP contribution in [0.5, 0.6) is 0 Å². The van der Waals surface area contributed by atoms with E-state index in [-0.39, 0.29) is 13.1 Å². The average Bonchev–Trinajstić information content (AvgIpc) is 2.87. The van der Waals surface area contributed by atoms with Gasteiger partial charge in [0.1, 0.15) is 17.1 Å². The van der Waals surface area contributed by atoms with E-state index in [4.69, 9.17) is 4.42 Å². The summed E-state index contributed by atoms with van der Waals surface area (Å²) in [6, 6.07) is 3.53. The third kappa shape index (κ3) is 7.89. The summed E-state index contributed by atoms with van der Waals surface area (Å²) in [5.74, 6) is 1.67. The molecule has 0 bridgehead atoms. The van der Waals surface area contributed by atoms with Gasteiger partial charge in [0.15, 0.2) is 5.96 Å². The van der Waals surface area contributed by atoms with Crippen molar-refractivity contribution >= 4 is 16.0 Å². The molecule has 4 N–H and O–H groups in total. The SMILES string of the molecule is CCNC(=NCC(C)(C)NS(C)(=O)=O)NCC(C)(O)c1ccc(C)o1. The van der Waals surface area contributed by atoms with Crippen molar-refractivity contribution in [3.05, 3.63) is 23.7 Å². The Balaban J connectivity index is 2.76. The summed E-state index contributed by atoms with van der Waals surface area (Å²) in [4.78, 5) is 4.40. The van der Waals surface area contributed by atoms with Gasteiger partial charge in [0.25, 0.3) is 0 Å². The van der Waals surface area contributed by atoms with E-state index < -0.39 is 21.2 Å². The molecule has 0 fully saturated rings. The van der Waals surface area contributed by atoms with Gasteiger partial charge in [-0.3, -0.25) is 4.99 Å². The molecule has 1 aromatic heterocycles. The maximum absolute atomic E-state index is 11.4. The lowest BCUT2D eigenvalue weighted by Gasteiger charge is -2.25. The Morgan fingerprint density at radius 2 is 1.92 bits per heavy atom. The lowest BCUT2D eigenvalue weighted by atomic mass is 10.0. The van der Waals surface area contributed by atoms with Gasteiger partial charge in [0.2, 0.25) is 10.0 Å². The van der Waals surface area contributed by atoms with Gasteiger partial charge in [-0.15, -0.1) is 0 Å². The highest BCUT2D eigenvalue weighted by molar-refractivity contribution is 7.88. The average molecular weight is 375 g/mol. The summed E-state index contributed by atoms with van der Waals surface area (Å²) in [7, 11) is -3.32. The summed E-state index contributed by atoms with van der Waals surface area (Å²) in [6.45, 7) is 9.94. The molecular formula is C16H30N4O4S. The number of rotatable bonds is 8. The molecule has 0 spiro atoms. The summed E-state index contributed by atoms with van der Waals surface area (Å²) in [6.07, 6.45) is 1.12. The highest BCUT2D eigenvalue weighted by Crippen LogP contribution is 2.21. The molecule has 1 rings (SSSR count). The van der Waals surface area contributed by atoms with Gasteiger partial charge in [-0.25, -0.2) is 13.1 Å². The Labute approximate surface area is 150 Å². The second-order valence-electron chi connectivity index (χ2n) is 6.99. The minimum Gasteiger partial charge on any atom is -0.463 e. The van der Waals surface area contributed by atoms with Crippen LogP contribution < -0.4 is 15.4 Å². The second-order valence-corrected chi connectivity index (χ2v) is 8.74. The van der Waals surface area contributed by atoms with Gasteiger partial charge in [-0.05, 0) is 46.8 Å². The first-order valence-electron chi connectivity index (χ1n) is 8.15. The molecule has 0 aliphatic heterocycles. The maximum Gasteiger partial charge on any atom is 0.209 e. The number of furan rings is 1. The van der Waals surface area contributed by atoms with Gasteiger partial charge in [0.05, 0.1) is 19.3 Å².